The van der Waals surface area contributed by atoms with E-state index in [1.54, 1.807) is 0 Å². The van der Waals surface area contributed by atoms with E-state index in [0.29, 0.717) is 5.41 Å². The number of hydrogen-bond acceptors (Lipinski definition) is 3. The Balaban J connectivity index is 2.65. The Morgan fingerprint density at radius 3 is 2.45 bits per heavy atom. The van der Waals surface area contributed by atoms with Crippen LogP contribution >= 0.6 is 34.1 Å². The highest BCUT2D eigenvalue weighted by molar-refractivity contribution is 14.1. The summed E-state index contributed by atoms with van der Waals surface area (Å²) in [5.74, 6) is 0.979. The molecule has 0 radical (unpaired) electrons. The summed E-state index contributed by atoms with van der Waals surface area (Å²) >= 11 is 3.67. The normalized spacial score (nSPS) is 12.0. The van der Waals surface area contributed by atoms with Gasteiger partial charge in [-0.15, -0.1) is 0 Å². The first-order chi connectivity index (χ1) is 4.97. The first-order valence-corrected chi connectivity index (χ1v) is 5.31. The van der Waals surface area contributed by atoms with E-state index < -0.39 is 0 Å². The Morgan fingerprint density at radius 2 is 2.09 bits per heavy atom. The van der Waals surface area contributed by atoms with Crippen molar-refractivity contribution in [2.75, 3.05) is 0 Å². The van der Waals surface area contributed by atoms with Crippen LogP contribution in [0, 0.1) is 8.43 Å². The van der Waals surface area contributed by atoms with Gasteiger partial charge < -0.3 is 0 Å². The quantitative estimate of drug-likeness (QED) is 0.740. The third-order valence-electron chi connectivity index (χ3n) is 1.13. The van der Waals surface area contributed by atoms with Crippen molar-refractivity contribution in [1.82, 2.24) is 9.36 Å². The van der Waals surface area contributed by atoms with Gasteiger partial charge in [0.05, 0.1) is 0 Å². The van der Waals surface area contributed by atoms with Crippen molar-refractivity contribution in [3.05, 3.63) is 8.84 Å². The second-order valence-corrected chi connectivity index (χ2v) is 6.21. The van der Waals surface area contributed by atoms with Crippen LogP contribution in [0.1, 0.15) is 26.6 Å². The van der Waals surface area contributed by atoms with Gasteiger partial charge in [0.25, 0.3) is 0 Å². The Hall–Kier alpha value is 0.290. The zero-order valence-corrected chi connectivity index (χ0v) is 9.86. The molecule has 0 amide bonds. The van der Waals surface area contributed by atoms with E-state index in [1.165, 1.54) is 11.5 Å². The summed E-state index contributed by atoms with van der Waals surface area (Å²) in [7, 11) is 0. The van der Waals surface area contributed by atoms with E-state index >= 15 is 0 Å². The fourth-order valence-corrected chi connectivity index (χ4v) is 1.78. The predicted octanol–water partition coefficient (Wildman–Crippen LogP) is 2.73. The van der Waals surface area contributed by atoms with Crippen molar-refractivity contribution in [3.8, 4) is 0 Å². The van der Waals surface area contributed by atoms with E-state index in [1.807, 2.05) is 0 Å². The number of nitrogens with zero attached hydrogens (tertiary/aromatic N) is 2. The van der Waals surface area contributed by atoms with E-state index in [2.05, 4.69) is 52.7 Å². The maximum Gasteiger partial charge on any atom is 0.173 e. The summed E-state index contributed by atoms with van der Waals surface area (Å²) in [5.41, 5.74) is 0.296. The summed E-state index contributed by atoms with van der Waals surface area (Å²) in [5, 5.41) is 0. The molecule has 0 aliphatic carbocycles. The highest BCUT2D eigenvalue weighted by Crippen LogP contribution is 2.19. The molecule has 0 spiro atoms. The van der Waals surface area contributed by atoms with E-state index in [-0.39, 0.29) is 0 Å². The minimum atomic E-state index is 0.296. The first-order valence-electron chi connectivity index (χ1n) is 3.45. The third-order valence-corrected chi connectivity index (χ3v) is 2.51. The summed E-state index contributed by atoms with van der Waals surface area (Å²) < 4.78 is 5.25. The minimum absolute atomic E-state index is 0.296. The van der Waals surface area contributed by atoms with Gasteiger partial charge in [-0.05, 0) is 39.5 Å². The number of halogens is 1. The third kappa shape index (κ3) is 3.46. The molecular formula is C7H11IN2S. The summed E-state index contributed by atoms with van der Waals surface area (Å²) in [6.07, 6.45) is 0.965. The molecule has 11 heavy (non-hydrogen) atoms. The highest BCUT2D eigenvalue weighted by atomic mass is 127. The average molecular weight is 282 g/mol. The van der Waals surface area contributed by atoms with Crippen molar-refractivity contribution in [2.45, 2.75) is 27.2 Å². The Morgan fingerprint density at radius 1 is 1.45 bits per heavy atom. The molecule has 1 rings (SSSR count). The molecule has 0 aliphatic heterocycles. The fraction of sp³-hybridized carbons (Fsp3) is 0.714. The van der Waals surface area contributed by atoms with Crippen LogP contribution in [0.25, 0.3) is 0 Å². The van der Waals surface area contributed by atoms with E-state index in [9.17, 15) is 0 Å². The maximum atomic E-state index is 4.29. The Kier molecular flexibility index (Phi) is 2.85. The molecule has 0 atom stereocenters. The van der Waals surface area contributed by atoms with Crippen LogP contribution in [-0.4, -0.2) is 9.36 Å². The minimum Gasteiger partial charge on any atom is -0.213 e. The van der Waals surface area contributed by atoms with Gasteiger partial charge in [-0.2, -0.15) is 4.37 Å². The lowest BCUT2D eigenvalue weighted by Crippen LogP contribution is -2.10. The molecule has 0 saturated heterocycles. The second-order valence-electron chi connectivity index (χ2n) is 3.70. The van der Waals surface area contributed by atoms with Gasteiger partial charge >= 0.3 is 0 Å². The van der Waals surface area contributed by atoms with Crippen LogP contribution in [0.3, 0.4) is 0 Å². The molecule has 0 aliphatic rings. The predicted molar refractivity (Wildman–Crippen MR) is 55.8 cm³/mol. The van der Waals surface area contributed by atoms with E-state index in [0.717, 1.165) is 15.3 Å². The molecule has 1 aromatic heterocycles. The highest BCUT2D eigenvalue weighted by Gasteiger charge is 2.14. The Bertz CT molecular complexity index is 239. The van der Waals surface area contributed by atoms with Gasteiger partial charge in [-0.25, -0.2) is 4.98 Å². The summed E-state index contributed by atoms with van der Waals surface area (Å²) in [4.78, 5) is 4.29. The van der Waals surface area contributed by atoms with Crippen molar-refractivity contribution in [3.63, 3.8) is 0 Å². The van der Waals surface area contributed by atoms with Gasteiger partial charge in [-0.3, -0.25) is 0 Å². The van der Waals surface area contributed by atoms with Gasteiger partial charge in [0.2, 0.25) is 0 Å². The molecule has 0 unspecified atom stereocenters. The molecule has 0 bridgehead atoms. The topological polar surface area (TPSA) is 25.8 Å². The van der Waals surface area contributed by atoms with Crippen molar-refractivity contribution >= 4 is 34.1 Å². The second kappa shape index (κ2) is 3.35. The lowest BCUT2D eigenvalue weighted by molar-refractivity contribution is 0.402. The molecular weight excluding hydrogens is 271 g/mol. The van der Waals surface area contributed by atoms with Crippen LogP contribution in [0.5, 0.6) is 0 Å². The van der Waals surface area contributed by atoms with Gasteiger partial charge in [0.15, 0.2) is 3.01 Å². The van der Waals surface area contributed by atoms with Gasteiger partial charge in [0.1, 0.15) is 5.82 Å². The van der Waals surface area contributed by atoms with Crippen LogP contribution in [-0.2, 0) is 6.42 Å². The SMILES string of the molecule is CC(C)(C)Cc1nsc(I)n1. The molecule has 62 valence electrons. The largest absolute Gasteiger partial charge is 0.213 e. The lowest BCUT2D eigenvalue weighted by atomic mass is 9.92. The first kappa shape index (κ1) is 9.38. The monoisotopic (exact) mass is 282 g/mol. The molecule has 0 aromatic carbocycles. The van der Waals surface area contributed by atoms with Crippen molar-refractivity contribution in [2.24, 2.45) is 5.41 Å². The fourth-order valence-electron chi connectivity index (χ4n) is 0.779. The zero-order valence-electron chi connectivity index (χ0n) is 6.89. The van der Waals surface area contributed by atoms with Gasteiger partial charge in [-0.1, -0.05) is 20.8 Å². The molecule has 1 heterocycles. The van der Waals surface area contributed by atoms with Gasteiger partial charge in [0, 0.05) is 6.42 Å². The standard InChI is InChI=1S/C7H11IN2S/c1-7(2,3)4-5-9-6(8)11-10-5/h4H2,1-3H3. The van der Waals surface area contributed by atoms with Crippen LogP contribution in [0.2, 0.25) is 0 Å². The summed E-state index contributed by atoms with van der Waals surface area (Å²) in [6.45, 7) is 6.59. The Labute approximate surface area is 84.7 Å². The van der Waals surface area contributed by atoms with Crippen LogP contribution < -0.4 is 0 Å². The van der Waals surface area contributed by atoms with E-state index in [4.69, 9.17) is 0 Å². The molecule has 1 aromatic rings. The molecule has 0 saturated carbocycles. The molecule has 0 N–H and O–H groups in total. The number of rotatable bonds is 1. The lowest BCUT2D eigenvalue weighted by Gasteiger charge is -2.14. The smallest absolute Gasteiger partial charge is 0.173 e. The molecule has 2 nitrogen and oxygen atoms in total. The molecule has 4 heteroatoms. The van der Waals surface area contributed by atoms with Crippen LogP contribution in [0.4, 0.5) is 0 Å². The van der Waals surface area contributed by atoms with Crippen molar-refractivity contribution < 1.29 is 0 Å². The van der Waals surface area contributed by atoms with Crippen LogP contribution in [0.15, 0.2) is 0 Å². The summed E-state index contributed by atoms with van der Waals surface area (Å²) in [6, 6.07) is 0. The van der Waals surface area contributed by atoms with Crippen molar-refractivity contribution in [1.29, 1.82) is 0 Å². The number of aromatic nitrogens is 2. The number of hydrogen-bond donors (Lipinski definition) is 0. The average Bonchev–Trinajstić information content (AvgIpc) is 2.10. The zero-order chi connectivity index (χ0) is 8.48. The maximum absolute atomic E-state index is 4.29. The molecule has 0 fully saturated rings.